The van der Waals surface area contributed by atoms with Crippen molar-refractivity contribution in [2.24, 2.45) is 0 Å². The molecule has 0 aromatic heterocycles. The summed E-state index contributed by atoms with van der Waals surface area (Å²) in [5.74, 6) is -0.139. The first-order chi connectivity index (χ1) is 17.7. The lowest BCUT2D eigenvalue weighted by Crippen LogP contribution is -2.32. The number of aliphatic carboxylic acids is 1. The van der Waals surface area contributed by atoms with Gasteiger partial charge in [-0.1, -0.05) is 48.9 Å². The zero-order chi connectivity index (χ0) is 26.7. The van der Waals surface area contributed by atoms with Crippen molar-refractivity contribution in [1.29, 1.82) is 0 Å². The summed E-state index contributed by atoms with van der Waals surface area (Å²) in [6, 6.07) is 16.7. The number of rotatable bonds is 8. The van der Waals surface area contributed by atoms with Gasteiger partial charge in [-0.3, -0.25) is 9.69 Å². The molecule has 0 aliphatic carbocycles. The lowest BCUT2D eigenvalue weighted by atomic mass is 9.84. The molecule has 6 nitrogen and oxygen atoms in total. The fraction of sp³-hybridized carbons (Fsp3) is 0.387. The first-order valence-corrected chi connectivity index (χ1v) is 13.1. The lowest BCUT2D eigenvalue weighted by Gasteiger charge is -2.26. The van der Waals surface area contributed by atoms with Gasteiger partial charge >= 0.3 is 5.97 Å². The fourth-order valence-corrected chi connectivity index (χ4v) is 5.33. The number of hydrogen-bond acceptors (Lipinski definition) is 5. The smallest absolute Gasteiger partial charge is 0.304 e. The van der Waals surface area contributed by atoms with Gasteiger partial charge in [-0.2, -0.15) is 0 Å². The average molecular weight is 502 g/mol. The van der Waals surface area contributed by atoms with Crippen LogP contribution in [0.25, 0.3) is 0 Å². The number of nitrogens with one attached hydrogen (secondary N) is 1. The number of nitrogen functional groups attached to an aromatic ring is 1. The number of fused-ring (bicyclic) bond motifs is 1. The SMILES string of the molecule is CC[C@@H]1CN(Cc2cc(C(CC(=O)O)c3ccc(NC)c(N)c3C)ccc2C)Cc2cc(C)ccc2O1. The van der Waals surface area contributed by atoms with Crippen molar-refractivity contribution < 1.29 is 14.6 Å². The Morgan fingerprint density at radius 1 is 1.16 bits per heavy atom. The predicted molar refractivity (Wildman–Crippen MR) is 150 cm³/mol. The number of aryl methyl sites for hydroxylation is 2. The lowest BCUT2D eigenvalue weighted by molar-refractivity contribution is -0.137. The van der Waals surface area contributed by atoms with Crippen LogP contribution in [0.1, 0.15) is 64.6 Å². The van der Waals surface area contributed by atoms with Crippen molar-refractivity contribution >= 4 is 17.3 Å². The van der Waals surface area contributed by atoms with E-state index in [1.807, 2.05) is 26.1 Å². The third-order valence-corrected chi connectivity index (χ3v) is 7.57. The van der Waals surface area contributed by atoms with Crippen molar-refractivity contribution in [2.45, 2.75) is 65.6 Å². The van der Waals surface area contributed by atoms with Crippen molar-refractivity contribution in [2.75, 3.05) is 24.6 Å². The maximum atomic E-state index is 11.9. The highest BCUT2D eigenvalue weighted by atomic mass is 16.5. The predicted octanol–water partition coefficient (Wildman–Crippen LogP) is 6.02. The van der Waals surface area contributed by atoms with Crippen LogP contribution in [0.5, 0.6) is 5.75 Å². The summed E-state index contributed by atoms with van der Waals surface area (Å²) in [5, 5.41) is 12.9. The molecule has 3 aromatic rings. The molecule has 0 spiro atoms. The number of carboxylic acid groups (broad SMARTS) is 1. The van der Waals surface area contributed by atoms with E-state index >= 15 is 0 Å². The number of nitrogens with two attached hydrogens (primary N) is 1. The van der Waals surface area contributed by atoms with Gasteiger partial charge in [0.2, 0.25) is 0 Å². The highest BCUT2D eigenvalue weighted by Gasteiger charge is 2.25. The molecule has 0 radical (unpaired) electrons. The number of anilines is 2. The van der Waals surface area contributed by atoms with Crippen LogP contribution in [-0.4, -0.2) is 35.7 Å². The first-order valence-electron chi connectivity index (χ1n) is 13.1. The van der Waals surface area contributed by atoms with Gasteiger partial charge in [-0.05, 0) is 67.1 Å². The summed E-state index contributed by atoms with van der Waals surface area (Å²) in [7, 11) is 1.84. The maximum absolute atomic E-state index is 11.9. The van der Waals surface area contributed by atoms with Crippen LogP contribution in [0.4, 0.5) is 11.4 Å². The van der Waals surface area contributed by atoms with Crippen molar-refractivity contribution in [3.8, 4) is 5.75 Å². The number of hydrogen-bond donors (Lipinski definition) is 3. The minimum atomic E-state index is -0.828. The van der Waals surface area contributed by atoms with Gasteiger partial charge in [0.05, 0.1) is 17.8 Å². The summed E-state index contributed by atoms with van der Waals surface area (Å²) in [6.45, 7) is 10.8. The molecule has 0 bridgehead atoms. The molecule has 4 N–H and O–H groups in total. The molecule has 0 fully saturated rings. The monoisotopic (exact) mass is 501 g/mol. The molecule has 1 unspecified atom stereocenters. The summed E-state index contributed by atoms with van der Waals surface area (Å²) in [6.07, 6.45) is 1.07. The van der Waals surface area contributed by atoms with Crippen LogP contribution >= 0.6 is 0 Å². The summed E-state index contributed by atoms with van der Waals surface area (Å²) < 4.78 is 6.34. The Kier molecular flexibility index (Phi) is 8.08. The van der Waals surface area contributed by atoms with E-state index in [0.717, 1.165) is 54.2 Å². The van der Waals surface area contributed by atoms with Gasteiger partial charge in [0.1, 0.15) is 11.9 Å². The third kappa shape index (κ3) is 5.91. The Bertz CT molecular complexity index is 1290. The van der Waals surface area contributed by atoms with E-state index in [-0.39, 0.29) is 18.4 Å². The molecule has 196 valence electrons. The Balaban J connectivity index is 1.69. The van der Waals surface area contributed by atoms with E-state index < -0.39 is 5.97 Å². The molecule has 0 saturated heterocycles. The van der Waals surface area contributed by atoms with E-state index in [1.165, 1.54) is 22.3 Å². The molecular weight excluding hydrogens is 462 g/mol. The van der Waals surface area contributed by atoms with Crippen molar-refractivity contribution in [3.05, 3.63) is 87.5 Å². The molecule has 1 heterocycles. The van der Waals surface area contributed by atoms with Gasteiger partial charge < -0.3 is 20.9 Å². The molecule has 3 aromatic carbocycles. The Morgan fingerprint density at radius 3 is 2.65 bits per heavy atom. The molecule has 4 rings (SSSR count). The standard InChI is InChI=1S/C31H39N3O3/c1-6-25-18-34(17-24-13-19(2)7-12-29(24)37-25)16-23-14-22(9-8-20(23)3)27(15-30(35)36)26-10-11-28(33-5)31(32)21(26)4/h7-14,25,27,33H,6,15-18,32H2,1-5H3,(H,35,36)/t25-,27?/m1/s1. The number of benzene rings is 3. The quantitative estimate of drug-likeness (QED) is 0.327. The second kappa shape index (κ2) is 11.3. The average Bonchev–Trinajstić information content (AvgIpc) is 3.04. The molecule has 37 heavy (non-hydrogen) atoms. The Hall–Kier alpha value is -3.51. The summed E-state index contributed by atoms with van der Waals surface area (Å²) >= 11 is 0. The van der Waals surface area contributed by atoms with Gasteiger partial charge in [-0.15, -0.1) is 0 Å². The topological polar surface area (TPSA) is 87.8 Å². The number of ether oxygens (including phenoxy) is 1. The molecule has 0 amide bonds. The summed E-state index contributed by atoms with van der Waals surface area (Å²) in [4.78, 5) is 14.4. The first kappa shape index (κ1) is 26.6. The zero-order valence-corrected chi connectivity index (χ0v) is 22.6. The Morgan fingerprint density at radius 2 is 1.95 bits per heavy atom. The van der Waals surface area contributed by atoms with E-state index in [1.54, 1.807) is 0 Å². The van der Waals surface area contributed by atoms with E-state index in [0.29, 0.717) is 5.69 Å². The molecule has 2 atom stereocenters. The second-order valence-corrected chi connectivity index (χ2v) is 10.3. The maximum Gasteiger partial charge on any atom is 0.304 e. The number of carbonyl (C=O) groups is 1. The van der Waals surface area contributed by atoms with Crippen LogP contribution in [0.3, 0.4) is 0 Å². The minimum absolute atomic E-state index is 0.00377. The van der Waals surface area contributed by atoms with Gasteiger partial charge in [0.15, 0.2) is 0 Å². The molecule has 0 saturated carbocycles. The molecular formula is C31H39N3O3. The molecule has 6 heteroatoms. The molecule has 1 aliphatic heterocycles. The van der Waals surface area contributed by atoms with Gasteiger partial charge in [0.25, 0.3) is 0 Å². The highest BCUT2D eigenvalue weighted by Crippen LogP contribution is 2.36. The third-order valence-electron chi connectivity index (χ3n) is 7.57. The number of carboxylic acids is 1. The van der Waals surface area contributed by atoms with Crippen LogP contribution in [0.2, 0.25) is 0 Å². The van der Waals surface area contributed by atoms with Gasteiger partial charge in [-0.25, -0.2) is 0 Å². The normalized spacial score (nSPS) is 16.4. The van der Waals surface area contributed by atoms with Crippen molar-refractivity contribution in [1.82, 2.24) is 4.90 Å². The summed E-state index contributed by atoms with van der Waals surface area (Å²) in [5.41, 5.74) is 15.6. The highest BCUT2D eigenvalue weighted by molar-refractivity contribution is 5.74. The van der Waals surface area contributed by atoms with Crippen LogP contribution < -0.4 is 15.8 Å². The van der Waals surface area contributed by atoms with E-state index in [9.17, 15) is 9.90 Å². The van der Waals surface area contributed by atoms with E-state index in [4.69, 9.17) is 10.5 Å². The molecule has 1 aliphatic rings. The van der Waals surface area contributed by atoms with Crippen LogP contribution in [-0.2, 0) is 17.9 Å². The Labute approximate surface area is 220 Å². The fourth-order valence-electron chi connectivity index (χ4n) is 5.33. The van der Waals surface area contributed by atoms with Crippen molar-refractivity contribution in [3.63, 3.8) is 0 Å². The minimum Gasteiger partial charge on any atom is -0.489 e. The van der Waals surface area contributed by atoms with Crippen LogP contribution in [0, 0.1) is 20.8 Å². The second-order valence-electron chi connectivity index (χ2n) is 10.3. The largest absolute Gasteiger partial charge is 0.489 e. The van der Waals surface area contributed by atoms with E-state index in [2.05, 4.69) is 67.4 Å². The van der Waals surface area contributed by atoms with Gasteiger partial charge in [0, 0.05) is 38.2 Å². The number of nitrogens with zero attached hydrogens (tertiary/aromatic N) is 1. The van der Waals surface area contributed by atoms with Crippen LogP contribution in [0.15, 0.2) is 48.5 Å². The zero-order valence-electron chi connectivity index (χ0n) is 22.6.